The Bertz CT molecular complexity index is 637. The predicted octanol–water partition coefficient (Wildman–Crippen LogP) is 4.68. The molecule has 22 heavy (non-hydrogen) atoms. The SMILES string of the molecule is FC(F)(F)c1ccc(OCC2CCNc3ccccc32)cc1. The molecule has 2 aromatic rings. The molecule has 1 heterocycles. The molecule has 5 heteroatoms. The molecule has 0 amide bonds. The molecule has 0 fully saturated rings. The molecule has 0 spiro atoms. The molecule has 2 aromatic carbocycles. The van der Waals surface area contributed by atoms with Gasteiger partial charge in [-0.1, -0.05) is 18.2 Å². The zero-order valence-electron chi connectivity index (χ0n) is 11.9. The average molecular weight is 307 g/mol. The van der Waals surface area contributed by atoms with Crippen molar-refractivity contribution in [1.29, 1.82) is 0 Å². The molecule has 0 radical (unpaired) electrons. The van der Waals surface area contributed by atoms with E-state index >= 15 is 0 Å². The second kappa shape index (κ2) is 5.91. The third-order valence-corrected chi connectivity index (χ3v) is 3.84. The van der Waals surface area contributed by atoms with Crippen molar-refractivity contribution in [3.63, 3.8) is 0 Å². The molecule has 3 rings (SSSR count). The van der Waals surface area contributed by atoms with Crippen LogP contribution in [0.1, 0.15) is 23.5 Å². The molecule has 1 atom stereocenters. The maximum Gasteiger partial charge on any atom is 0.416 e. The fourth-order valence-electron chi connectivity index (χ4n) is 2.66. The standard InChI is InChI=1S/C17H16F3NO/c18-17(19,20)13-5-7-14(8-6-13)22-11-12-9-10-21-16-4-2-1-3-15(12)16/h1-8,12,21H,9-11H2. The number of para-hydroxylation sites is 1. The van der Waals surface area contributed by atoms with Gasteiger partial charge in [0.05, 0.1) is 12.2 Å². The minimum atomic E-state index is -4.31. The van der Waals surface area contributed by atoms with Crippen molar-refractivity contribution in [3.8, 4) is 5.75 Å². The smallest absolute Gasteiger partial charge is 0.416 e. The van der Waals surface area contributed by atoms with Crippen LogP contribution in [0.25, 0.3) is 0 Å². The minimum Gasteiger partial charge on any atom is -0.493 e. The van der Waals surface area contributed by atoms with Gasteiger partial charge in [0.1, 0.15) is 5.75 Å². The highest BCUT2D eigenvalue weighted by Gasteiger charge is 2.30. The Morgan fingerprint density at radius 3 is 2.50 bits per heavy atom. The highest BCUT2D eigenvalue weighted by molar-refractivity contribution is 5.54. The molecule has 0 bridgehead atoms. The van der Waals surface area contributed by atoms with Gasteiger partial charge in [-0.15, -0.1) is 0 Å². The highest BCUT2D eigenvalue weighted by atomic mass is 19.4. The van der Waals surface area contributed by atoms with Crippen LogP contribution >= 0.6 is 0 Å². The summed E-state index contributed by atoms with van der Waals surface area (Å²) in [6.45, 7) is 1.34. The van der Waals surface area contributed by atoms with Gasteiger partial charge in [0, 0.05) is 18.2 Å². The Hall–Kier alpha value is -2.17. The number of halogens is 3. The lowest BCUT2D eigenvalue weighted by atomic mass is 9.92. The van der Waals surface area contributed by atoms with E-state index in [9.17, 15) is 13.2 Å². The molecule has 1 aliphatic heterocycles. The summed E-state index contributed by atoms with van der Waals surface area (Å²) in [6.07, 6.45) is -3.37. The molecule has 0 aliphatic carbocycles. The molecule has 116 valence electrons. The van der Waals surface area contributed by atoms with E-state index < -0.39 is 11.7 Å². The highest BCUT2D eigenvalue weighted by Crippen LogP contribution is 2.33. The van der Waals surface area contributed by atoms with E-state index in [-0.39, 0.29) is 5.92 Å². The lowest BCUT2D eigenvalue weighted by molar-refractivity contribution is -0.137. The number of anilines is 1. The van der Waals surface area contributed by atoms with Crippen molar-refractivity contribution >= 4 is 5.69 Å². The van der Waals surface area contributed by atoms with Gasteiger partial charge in [-0.25, -0.2) is 0 Å². The maximum absolute atomic E-state index is 12.5. The monoisotopic (exact) mass is 307 g/mol. The number of hydrogen-bond donors (Lipinski definition) is 1. The third kappa shape index (κ3) is 3.18. The number of alkyl halides is 3. The first-order valence-corrected chi connectivity index (χ1v) is 7.17. The van der Waals surface area contributed by atoms with E-state index in [1.807, 2.05) is 18.2 Å². The van der Waals surface area contributed by atoms with Crippen LogP contribution in [0.2, 0.25) is 0 Å². The van der Waals surface area contributed by atoms with E-state index in [0.29, 0.717) is 12.4 Å². The first kappa shape index (κ1) is 14.8. The quantitative estimate of drug-likeness (QED) is 0.888. The fraction of sp³-hybridized carbons (Fsp3) is 0.294. The van der Waals surface area contributed by atoms with Crippen molar-refractivity contribution in [2.24, 2.45) is 0 Å². The molecular formula is C17H16F3NO. The van der Waals surface area contributed by atoms with Gasteiger partial charge >= 0.3 is 6.18 Å². The van der Waals surface area contributed by atoms with Crippen molar-refractivity contribution in [2.45, 2.75) is 18.5 Å². The van der Waals surface area contributed by atoms with Crippen molar-refractivity contribution in [2.75, 3.05) is 18.5 Å². The van der Waals surface area contributed by atoms with Gasteiger partial charge in [0.25, 0.3) is 0 Å². The molecule has 0 saturated carbocycles. The van der Waals surface area contributed by atoms with Crippen molar-refractivity contribution in [3.05, 3.63) is 59.7 Å². The lowest BCUT2D eigenvalue weighted by Crippen LogP contribution is -2.21. The van der Waals surface area contributed by atoms with E-state index in [2.05, 4.69) is 11.4 Å². The number of nitrogens with one attached hydrogen (secondary N) is 1. The van der Waals surface area contributed by atoms with Crippen LogP contribution in [-0.4, -0.2) is 13.2 Å². The van der Waals surface area contributed by atoms with Gasteiger partial charge in [0.15, 0.2) is 0 Å². The molecule has 1 aliphatic rings. The Labute approximate surface area is 126 Å². The van der Waals surface area contributed by atoms with Crippen LogP contribution in [0.4, 0.5) is 18.9 Å². The number of benzene rings is 2. The minimum absolute atomic E-state index is 0.250. The number of ether oxygens (including phenoxy) is 1. The average Bonchev–Trinajstić information content (AvgIpc) is 2.52. The summed E-state index contributed by atoms with van der Waals surface area (Å²) < 4.78 is 43.2. The van der Waals surface area contributed by atoms with Crippen LogP contribution in [0, 0.1) is 0 Å². The molecule has 1 unspecified atom stereocenters. The first-order chi connectivity index (χ1) is 10.5. The summed E-state index contributed by atoms with van der Waals surface area (Å²) >= 11 is 0. The Balaban J connectivity index is 1.66. The predicted molar refractivity (Wildman–Crippen MR) is 79.2 cm³/mol. The Kier molecular flexibility index (Phi) is 3.96. The van der Waals surface area contributed by atoms with Gasteiger partial charge in [-0.3, -0.25) is 0 Å². The van der Waals surface area contributed by atoms with Crippen LogP contribution < -0.4 is 10.1 Å². The molecule has 0 saturated heterocycles. The molecule has 1 N–H and O–H groups in total. The second-order valence-corrected chi connectivity index (χ2v) is 5.33. The number of hydrogen-bond acceptors (Lipinski definition) is 2. The topological polar surface area (TPSA) is 21.3 Å². The van der Waals surface area contributed by atoms with Gasteiger partial charge < -0.3 is 10.1 Å². The summed E-state index contributed by atoms with van der Waals surface area (Å²) in [6, 6.07) is 12.9. The van der Waals surface area contributed by atoms with E-state index in [1.165, 1.54) is 17.7 Å². The summed E-state index contributed by atoms with van der Waals surface area (Å²) in [7, 11) is 0. The van der Waals surface area contributed by atoms with E-state index in [4.69, 9.17) is 4.74 Å². The zero-order valence-corrected chi connectivity index (χ0v) is 11.9. The summed E-state index contributed by atoms with van der Waals surface area (Å²) in [4.78, 5) is 0. The van der Waals surface area contributed by atoms with Crippen LogP contribution in [0.5, 0.6) is 5.75 Å². The van der Waals surface area contributed by atoms with Crippen LogP contribution in [-0.2, 0) is 6.18 Å². The summed E-state index contributed by atoms with van der Waals surface area (Å²) in [5.41, 5.74) is 1.64. The maximum atomic E-state index is 12.5. The Morgan fingerprint density at radius 2 is 1.77 bits per heavy atom. The van der Waals surface area contributed by atoms with Crippen LogP contribution in [0.15, 0.2) is 48.5 Å². The number of fused-ring (bicyclic) bond motifs is 1. The Morgan fingerprint density at radius 1 is 1.05 bits per heavy atom. The van der Waals surface area contributed by atoms with E-state index in [0.717, 1.165) is 30.8 Å². The van der Waals surface area contributed by atoms with Gasteiger partial charge in [-0.05, 0) is 42.3 Å². The van der Waals surface area contributed by atoms with Gasteiger partial charge in [-0.2, -0.15) is 13.2 Å². The first-order valence-electron chi connectivity index (χ1n) is 7.17. The van der Waals surface area contributed by atoms with E-state index in [1.54, 1.807) is 0 Å². The normalized spacial score (nSPS) is 17.5. The third-order valence-electron chi connectivity index (χ3n) is 3.84. The van der Waals surface area contributed by atoms with Crippen molar-refractivity contribution < 1.29 is 17.9 Å². The fourth-order valence-corrected chi connectivity index (χ4v) is 2.66. The largest absolute Gasteiger partial charge is 0.493 e. The van der Waals surface area contributed by atoms with Crippen molar-refractivity contribution in [1.82, 2.24) is 0 Å². The number of rotatable bonds is 3. The second-order valence-electron chi connectivity index (χ2n) is 5.33. The molecular weight excluding hydrogens is 291 g/mol. The van der Waals surface area contributed by atoms with Crippen LogP contribution in [0.3, 0.4) is 0 Å². The molecule has 2 nitrogen and oxygen atoms in total. The summed E-state index contributed by atoms with van der Waals surface area (Å²) in [5, 5.41) is 3.33. The zero-order chi connectivity index (χ0) is 15.6. The molecule has 0 aromatic heterocycles. The lowest BCUT2D eigenvalue weighted by Gasteiger charge is -2.26. The van der Waals surface area contributed by atoms with Gasteiger partial charge in [0.2, 0.25) is 0 Å². The summed E-state index contributed by atoms with van der Waals surface area (Å²) in [5.74, 6) is 0.712.